The minimum Gasteiger partial charge on any atom is -0.480 e. The van der Waals surface area contributed by atoms with Crippen molar-refractivity contribution in [3.8, 4) is 5.75 Å². The van der Waals surface area contributed by atoms with Crippen LogP contribution in [0.4, 0.5) is 10.1 Å². The van der Waals surface area contributed by atoms with E-state index >= 15 is 0 Å². The Morgan fingerprint density at radius 2 is 2.04 bits per heavy atom. The van der Waals surface area contributed by atoms with E-state index in [1.165, 1.54) is 27.4 Å². The highest BCUT2D eigenvalue weighted by molar-refractivity contribution is 7.89. The Morgan fingerprint density at radius 3 is 2.75 bits per heavy atom. The van der Waals surface area contributed by atoms with Gasteiger partial charge in [0.2, 0.25) is 10.0 Å². The lowest BCUT2D eigenvalue weighted by Gasteiger charge is -2.27. The predicted molar refractivity (Wildman–Crippen MR) is 103 cm³/mol. The molecule has 8 heteroatoms. The average molecular weight is 404 g/mol. The number of carbonyl (C=O) groups is 1. The first-order chi connectivity index (χ1) is 13.4. The number of halogens is 1. The molecule has 148 valence electrons. The predicted octanol–water partition coefficient (Wildman–Crippen LogP) is 2.20. The van der Waals surface area contributed by atoms with Gasteiger partial charge in [0, 0.05) is 31.7 Å². The number of para-hydroxylation sites is 1. The highest BCUT2D eigenvalue weighted by Crippen LogP contribution is 2.30. The fourth-order valence-corrected chi connectivity index (χ4v) is 5.18. The third kappa shape index (κ3) is 3.74. The summed E-state index contributed by atoms with van der Waals surface area (Å²) in [7, 11) is -3.27. The number of nitrogens with zero attached hydrogens (tertiary/aromatic N) is 2. The number of hydrogen-bond donors (Lipinski definition) is 0. The van der Waals surface area contributed by atoms with Crippen LogP contribution in [0.5, 0.6) is 5.75 Å². The maximum Gasteiger partial charge on any atom is 0.268 e. The van der Waals surface area contributed by atoms with Crippen LogP contribution in [-0.4, -0.2) is 50.1 Å². The molecular weight excluding hydrogens is 383 g/mol. The van der Waals surface area contributed by atoms with Crippen LogP contribution >= 0.6 is 0 Å². The van der Waals surface area contributed by atoms with Crippen molar-refractivity contribution in [1.82, 2.24) is 4.31 Å². The van der Waals surface area contributed by atoms with E-state index in [0.717, 1.165) is 5.56 Å². The summed E-state index contributed by atoms with van der Waals surface area (Å²) in [6.07, 6.45) is 0.302. The second kappa shape index (κ2) is 7.52. The van der Waals surface area contributed by atoms with Crippen molar-refractivity contribution < 1.29 is 22.3 Å². The van der Waals surface area contributed by atoms with Crippen molar-refractivity contribution in [3.05, 3.63) is 59.9 Å². The van der Waals surface area contributed by atoms with Gasteiger partial charge in [-0.2, -0.15) is 0 Å². The van der Waals surface area contributed by atoms with Gasteiger partial charge in [0.25, 0.3) is 5.91 Å². The zero-order valence-corrected chi connectivity index (χ0v) is 16.1. The molecule has 1 fully saturated rings. The Hall–Kier alpha value is -2.45. The molecule has 0 radical (unpaired) electrons. The van der Waals surface area contributed by atoms with E-state index in [-0.39, 0.29) is 24.7 Å². The summed E-state index contributed by atoms with van der Waals surface area (Å²) in [5, 5.41) is 0. The number of fused-ring (bicyclic) bond motifs is 1. The van der Waals surface area contributed by atoms with Crippen LogP contribution in [0.15, 0.2) is 48.5 Å². The van der Waals surface area contributed by atoms with Crippen LogP contribution in [-0.2, 0) is 21.2 Å². The van der Waals surface area contributed by atoms with Crippen LogP contribution in [0.1, 0.15) is 12.0 Å². The molecule has 2 heterocycles. The smallest absolute Gasteiger partial charge is 0.268 e. The largest absolute Gasteiger partial charge is 0.480 e. The fraction of sp³-hybridized carbons (Fsp3) is 0.350. The minimum atomic E-state index is -3.27. The molecule has 0 N–H and O–H groups in total. The Bertz CT molecular complexity index is 970. The lowest BCUT2D eigenvalue weighted by Crippen LogP contribution is -2.45. The van der Waals surface area contributed by atoms with Crippen molar-refractivity contribution in [1.29, 1.82) is 0 Å². The van der Waals surface area contributed by atoms with Gasteiger partial charge in [0.15, 0.2) is 6.10 Å². The maximum atomic E-state index is 13.8. The molecule has 2 aliphatic heterocycles. The van der Waals surface area contributed by atoms with Crippen LogP contribution in [0.2, 0.25) is 0 Å². The van der Waals surface area contributed by atoms with Gasteiger partial charge in [0.05, 0.1) is 5.75 Å². The molecule has 28 heavy (non-hydrogen) atoms. The molecule has 1 amide bonds. The fourth-order valence-electron chi connectivity index (χ4n) is 3.66. The molecule has 0 bridgehead atoms. The Kier molecular flexibility index (Phi) is 5.07. The summed E-state index contributed by atoms with van der Waals surface area (Å²) in [4.78, 5) is 14.6. The molecule has 1 saturated heterocycles. The number of amides is 1. The van der Waals surface area contributed by atoms with E-state index in [9.17, 15) is 17.6 Å². The first-order valence-electron chi connectivity index (χ1n) is 9.23. The number of carbonyl (C=O) groups excluding carboxylic acids is 1. The molecule has 0 aliphatic carbocycles. The number of ether oxygens (including phenoxy) is 1. The Balaban J connectivity index is 1.55. The molecule has 0 unspecified atom stereocenters. The quantitative estimate of drug-likeness (QED) is 0.766. The van der Waals surface area contributed by atoms with Crippen LogP contribution in [0.25, 0.3) is 0 Å². The van der Waals surface area contributed by atoms with Crippen LogP contribution < -0.4 is 9.64 Å². The van der Waals surface area contributed by atoms with Gasteiger partial charge in [-0.3, -0.25) is 4.79 Å². The van der Waals surface area contributed by atoms with Crippen molar-refractivity contribution in [2.45, 2.75) is 18.9 Å². The number of anilines is 1. The van der Waals surface area contributed by atoms with Crippen LogP contribution in [0, 0.1) is 5.82 Å². The summed E-state index contributed by atoms with van der Waals surface area (Å²) in [6.45, 7) is 0.751. The minimum absolute atomic E-state index is 0.127. The molecule has 1 atom stereocenters. The monoisotopic (exact) mass is 404 g/mol. The average Bonchev–Trinajstić information content (AvgIpc) is 3.24. The van der Waals surface area contributed by atoms with Crippen molar-refractivity contribution in [2.75, 3.05) is 30.3 Å². The second-order valence-electron chi connectivity index (χ2n) is 6.96. The van der Waals surface area contributed by atoms with Gasteiger partial charge in [-0.25, -0.2) is 17.1 Å². The molecule has 0 aromatic heterocycles. The third-order valence-electron chi connectivity index (χ3n) is 5.08. The van der Waals surface area contributed by atoms with Gasteiger partial charge < -0.3 is 9.64 Å². The molecule has 4 rings (SSSR count). The number of hydrogen-bond acceptors (Lipinski definition) is 4. The van der Waals surface area contributed by atoms with E-state index in [1.807, 2.05) is 24.3 Å². The van der Waals surface area contributed by atoms with Gasteiger partial charge in [0.1, 0.15) is 11.6 Å². The number of benzene rings is 2. The van der Waals surface area contributed by atoms with E-state index < -0.39 is 21.9 Å². The SMILES string of the molecule is O=C([C@H]1Cc2ccccc2O1)N(CCN1CCCS1(=O)=O)c1cccc(F)c1. The lowest BCUT2D eigenvalue weighted by atomic mass is 10.1. The van der Waals surface area contributed by atoms with Gasteiger partial charge in [-0.1, -0.05) is 24.3 Å². The molecule has 0 saturated carbocycles. The van der Waals surface area contributed by atoms with Crippen molar-refractivity contribution in [2.24, 2.45) is 0 Å². The first kappa shape index (κ1) is 18.9. The van der Waals surface area contributed by atoms with Crippen LogP contribution in [0.3, 0.4) is 0 Å². The zero-order chi connectivity index (χ0) is 19.7. The standard InChI is InChI=1S/C20H21FN2O4S/c21-16-6-3-7-17(14-16)23(11-10-22-9-4-12-28(22,25)26)20(24)19-13-15-5-1-2-8-18(15)27-19/h1-3,5-8,14,19H,4,9-13H2/t19-/m1/s1. The summed E-state index contributed by atoms with van der Waals surface area (Å²) >= 11 is 0. The van der Waals surface area contributed by atoms with E-state index in [4.69, 9.17) is 4.74 Å². The van der Waals surface area contributed by atoms with Gasteiger partial charge in [-0.05, 0) is 36.2 Å². The van der Waals surface area contributed by atoms with Crippen molar-refractivity contribution in [3.63, 3.8) is 0 Å². The second-order valence-corrected chi connectivity index (χ2v) is 9.05. The lowest BCUT2D eigenvalue weighted by molar-refractivity contribution is -0.124. The third-order valence-corrected chi connectivity index (χ3v) is 7.04. The molecule has 0 spiro atoms. The molecule has 2 aromatic carbocycles. The molecule has 2 aromatic rings. The van der Waals surface area contributed by atoms with E-state index in [2.05, 4.69) is 0 Å². The number of rotatable bonds is 5. The highest BCUT2D eigenvalue weighted by atomic mass is 32.2. The van der Waals surface area contributed by atoms with Gasteiger partial charge >= 0.3 is 0 Å². The highest BCUT2D eigenvalue weighted by Gasteiger charge is 2.34. The number of sulfonamides is 1. The molecule has 2 aliphatic rings. The molecule has 6 nitrogen and oxygen atoms in total. The Labute approximate surface area is 163 Å². The van der Waals surface area contributed by atoms with E-state index in [0.29, 0.717) is 30.8 Å². The zero-order valence-electron chi connectivity index (χ0n) is 15.3. The van der Waals surface area contributed by atoms with Crippen molar-refractivity contribution >= 4 is 21.6 Å². The summed E-state index contributed by atoms with van der Waals surface area (Å²) in [5.74, 6) is 0.0300. The van der Waals surface area contributed by atoms with Gasteiger partial charge in [-0.15, -0.1) is 0 Å². The first-order valence-corrected chi connectivity index (χ1v) is 10.8. The maximum absolute atomic E-state index is 13.8. The topological polar surface area (TPSA) is 66.9 Å². The van der Waals surface area contributed by atoms with E-state index in [1.54, 1.807) is 6.07 Å². The Morgan fingerprint density at radius 1 is 1.21 bits per heavy atom. The summed E-state index contributed by atoms with van der Waals surface area (Å²) in [6, 6.07) is 13.2. The normalized spacial score (nSPS) is 20.5. The summed E-state index contributed by atoms with van der Waals surface area (Å²) < 4.78 is 45.1. The summed E-state index contributed by atoms with van der Waals surface area (Å²) in [5.41, 5.74) is 1.34. The molecular formula is C20H21FN2O4S.